The summed E-state index contributed by atoms with van der Waals surface area (Å²) in [5.41, 5.74) is -1.46. The third kappa shape index (κ3) is 6.38. The van der Waals surface area contributed by atoms with Gasteiger partial charge in [0, 0.05) is 42.9 Å². The topological polar surface area (TPSA) is 115 Å². The quantitative estimate of drug-likeness (QED) is 0.243. The molecular formula is C34H35ClF3N3O8S. The second kappa shape index (κ2) is 13.8. The lowest BCUT2D eigenvalue weighted by atomic mass is 9.80. The molecule has 0 N–H and O–H groups in total. The Morgan fingerprint density at radius 1 is 1.06 bits per heavy atom. The standard InChI is InChI=1S/C34H35ClF3N3O8S/c1-7-14-48-23-17-27(31(42)39(3)4)40(19-23)33(25-15-20(2)8-12-28(25)47-6)24-16-21(35)9-11-26(24)41(32(33)43)50(44,45)30-13-10-22(46-5)18-29(30)49-34(36,37)38/h7-13,15-16,18,23,27H,1,14,17,19H2,2-6H3/t23-,27+,33?/m1/s1. The van der Waals surface area contributed by atoms with E-state index in [1.807, 2.05) is 0 Å². The molecule has 0 spiro atoms. The van der Waals surface area contributed by atoms with Crippen molar-refractivity contribution in [1.82, 2.24) is 9.80 Å². The molecule has 0 saturated carbocycles. The predicted molar refractivity (Wildman–Crippen MR) is 178 cm³/mol. The van der Waals surface area contributed by atoms with E-state index in [0.717, 1.165) is 18.2 Å². The summed E-state index contributed by atoms with van der Waals surface area (Å²) in [6, 6.07) is 10.7. The zero-order valence-corrected chi connectivity index (χ0v) is 29.4. The molecule has 0 radical (unpaired) electrons. The molecule has 1 unspecified atom stereocenters. The Morgan fingerprint density at radius 2 is 1.78 bits per heavy atom. The van der Waals surface area contributed by atoms with Gasteiger partial charge < -0.3 is 23.8 Å². The first-order valence-corrected chi connectivity index (χ1v) is 17.0. The second-order valence-electron chi connectivity index (χ2n) is 11.9. The minimum Gasteiger partial charge on any atom is -0.497 e. The van der Waals surface area contributed by atoms with Gasteiger partial charge in [0.15, 0.2) is 11.3 Å². The van der Waals surface area contributed by atoms with E-state index in [0.29, 0.717) is 9.87 Å². The number of benzene rings is 3. The Labute approximate surface area is 292 Å². The molecule has 2 aliphatic heterocycles. The van der Waals surface area contributed by atoms with Crippen molar-refractivity contribution in [3.8, 4) is 17.2 Å². The number of nitrogens with zero attached hydrogens (tertiary/aromatic N) is 3. The number of sulfonamides is 1. The lowest BCUT2D eigenvalue weighted by Crippen LogP contribution is -2.59. The van der Waals surface area contributed by atoms with Crippen LogP contribution in [0.2, 0.25) is 5.02 Å². The van der Waals surface area contributed by atoms with E-state index < -0.39 is 56.5 Å². The molecule has 50 heavy (non-hydrogen) atoms. The van der Waals surface area contributed by atoms with Gasteiger partial charge in [-0.2, -0.15) is 0 Å². The first-order valence-electron chi connectivity index (χ1n) is 15.2. The molecule has 268 valence electrons. The summed E-state index contributed by atoms with van der Waals surface area (Å²) in [6.45, 7) is 5.52. The van der Waals surface area contributed by atoms with Crippen molar-refractivity contribution in [2.45, 2.75) is 42.3 Å². The lowest BCUT2D eigenvalue weighted by Gasteiger charge is -2.42. The summed E-state index contributed by atoms with van der Waals surface area (Å²) >= 11 is 6.56. The Kier molecular flexibility index (Phi) is 10.2. The molecule has 0 aliphatic carbocycles. The largest absolute Gasteiger partial charge is 0.573 e. The number of likely N-dealkylation sites (N-methyl/N-ethyl adjacent to an activating group) is 1. The molecule has 0 aromatic heterocycles. The van der Waals surface area contributed by atoms with Gasteiger partial charge >= 0.3 is 6.36 Å². The zero-order chi connectivity index (χ0) is 36.8. The van der Waals surface area contributed by atoms with Crippen molar-refractivity contribution in [3.05, 3.63) is 89.0 Å². The number of alkyl halides is 3. The summed E-state index contributed by atoms with van der Waals surface area (Å²) in [5.74, 6) is -2.60. The van der Waals surface area contributed by atoms with E-state index in [2.05, 4.69) is 11.3 Å². The smallest absolute Gasteiger partial charge is 0.497 e. The van der Waals surface area contributed by atoms with Gasteiger partial charge in [0.1, 0.15) is 16.4 Å². The molecular weight excluding hydrogens is 703 g/mol. The van der Waals surface area contributed by atoms with Crippen LogP contribution >= 0.6 is 11.6 Å². The highest BCUT2D eigenvalue weighted by Gasteiger charge is 2.64. The highest BCUT2D eigenvalue weighted by Crippen LogP contribution is 2.55. The van der Waals surface area contributed by atoms with Gasteiger partial charge in [0.25, 0.3) is 15.9 Å². The van der Waals surface area contributed by atoms with Crippen LogP contribution in [0.5, 0.6) is 17.2 Å². The summed E-state index contributed by atoms with van der Waals surface area (Å²) in [6.07, 6.45) is -4.28. The Balaban J connectivity index is 1.87. The van der Waals surface area contributed by atoms with Crippen LogP contribution in [0.4, 0.5) is 18.9 Å². The molecule has 2 amide bonds. The highest BCUT2D eigenvalue weighted by molar-refractivity contribution is 7.93. The number of likely N-dealkylation sites (tertiary alicyclic amines) is 1. The minimum atomic E-state index is -5.30. The van der Waals surface area contributed by atoms with Crippen molar-refractivity contribution in [3.63, 3.8) is 0 Å². The molecule has 1 fully saturated rings. The number of methoxy groups -OCH3 is 2. The first kappa shape index (κ1) is 37.0. The van der Waals surface area contributed by atoms with E-state index in [1.54, 1.807) is 44.1 Å². The Hall–Kier alpha value is -4.31. The Morgan fingerprint density at radius 3 is 2.40 bits per heavy atom. The molecule has 3 aromatic rings. The maximum Gasteiger partial charge on any atom is 0.573 e. The maximum atomic E-state index is 15.5. The summed E-state index contributed by atoms with van der Waals surface area (Å²) in [4.78, 5) is 31.4. The molecule has 5 rings (SSSR count). The molecule has 3 atom stereocenters. The fourth-order valence-corrected chi connectivity index (χ4v) is 8.27. The molecule has 2 aliphatic rings. The average Bonchev–Trinajstić information content (AvgIpc) is 3.58. The van der Waals surface area contributed by atoms with Crippen LogP contribution in [0.25, 0.3) is 0 Å². The number of ether oxygens (including phenoxy) is 4. The number of fused-ring (bicyclic) bond motifs is 1. The number of anilines is 1. The van der Waals surface area contributed by atoms with Gasteiger partial charge in [-0.15, -0.1) is 19.8 Å². The normalized spacial score (nSPS) is 20.8. The van der Waals surface area contributed by atoms with Gasteiger partial charge in [-0.25, -0.2) is 12.7 Å². The lowest BCUT2D eigenvalue weighted by molar-refractivity contribution is -0.275. The summed E-state index contributed by atoms with van der Waals surface area (Å²) < 4.78 is 91.7. The monoisotopic (exact) mass is 737 g/mol. The fourth-order valence-electron chi connectivity index (χ4n) is 6.54. The van der Waals surface area contributed by atoms with E-state index in [9.17, 15) is 26.4 Å². The Bertz CT molecular complexity index is 1940. The van der Waals surface area contributed by atoms with Gasteiger partial charge in [-0.05, 0) is 55.8 Å². The van der Waals surface area contributed by atoms with Crippen LogP contribution in [0.3, 0.4) is 0 Å². The van der Waals surface area contributed by atoms with Crippen molar-refractivity contribution in [2.75, 3.05) is 45.8 Å². The fraction of sp³-hybridized carbons (Fsp3) is 0.353. The number of amides is 2. The number of rotatable bonds is 11. The zero-order valence-electron chi connectivity index (χ0n) is 27.8. The molecule has 2 heterocycles. The second-order valence-corrected chi connectivity index (χ2v) is 14.1. The highest BCUT2D eigenvalue weighted by atomic mass is 35.5. The number of halogens is 4. The molecule has 16 heteroatoms. The summed E-state index contributed by atoms with van der Waals surface area (Å²) in [7, 11) is 0.431. The van der Waals surface area contributed by atoms with Crippen LogP contribution in [0.15, 0.2) is 72.1 Å². The average molecular weight is 738 g/mol. The number of carbonyl (C=O) groups excluding carboxylic acids is 2. The van der Waals surface area contributed by atoms with Gasteiger partial charge in [-0.1, -0.05) is 29.3 Å². The molecule has 11 nitrogen and oxygen atoms in total. The third-order valence-corrected chi connectivity index (χ3v) is 10.5. The molecule has 1 saturated heterocycles. The van der Waals surface area contributed by atoms with Crippen LogP contribution in [0.1, 0.15) is 23.1 Å². The van der Waals surface area contributed by atoms with E-state index >= 15 is 4.79 Å². The van der Waals surface area contributed by atoms with Crippen LogP contribution in [0, 0.1) is 6.92 Å². The van der Waals surface area contributed by atoms with Gasteiger partial charge in [-0.3, -0.25) is 14.5 Å². The maximum absolute atomic E-state index is 15.5. The summed E-state index contributed by atoms with van der Waals surface area (Å²) in [5, 5.41) is 0.117. The SMILES string of the molecule is C=CCO[C@@H]1C[C@@H](C(=O)N(C)C)N(C2(c3cc(C)ccc3OC)C(=O)N(S(=O)(=O)c3ccc(OC)cc3OC(F)(F)F)c3ccc(Cl)cc32)C1. The van der Waals surface area contributed by atoms with Crippen molar-refractivity contribution in [2.24, 2.45) is 0 Å². The molecule has 3 aromatic carbocycles. The van der Waals surface area contributed by atoms with Crippen LogP contribution in [-0.4, -0.2) is 90.0 Å². The third-order valence-electron chi connectivity index (χ3n) is 8.57. The number of aryl methyl sites for hydroxylation is 1. The van der Waals surface area contributed by atoms with Gasteiger partial charge in [0.2, 0.25) is 5.91 Å². The van der Waals surface area contributed by atoms with Gasteiger partial charge in [0.05, 0.1) is 38.7 Å². The van der Waals surface area contributed by atoms with Crippen molar-refractivity contribution >= 4 is 39.1 Å². The number of carbonyl (C=O) groups is 2. The molecule has 0 bridgehead atoms. The first-order chi connectivity index (χ1) is 23.5. The van der Waals surface area contributed by atoms with Crippen molar-refractivity contribution < 1.29 is 50.1 Å². The van der Waals surface area contributed by atoms with E-state index in [1.165, 1.54) is 43.4 Å². The van der Waals surface area contributed by atoms with E-state index in [4.69, 9.17) is 25.8 Å². The van der Waals surface area contributed by atoms with Crippen LogP contribution in [-0.2, 0) is 29.9 Å². The van der Waals surface area contributed by atoms with Crippen molar-refractivity contribution in [1.29, 1.82) is 0 Å². The number of hydrogen-bond donors (Lipinski definition) is 0. The predicted octanol–water partition coefficient (Wildman–Crippen LogP) is 5.28. The van der Waals surface area contributed by atoms with Crippen LogP contribution < -0.4 is 18.5 Å². The minimum absolute atomic E-state index is 0.0499. The number of hydrogen-bond acceptors (Lipinski definition) is 9. The van der Waals surface area contributed by atoms with E-state index in [-0.39, 0.29) is 52.9 Å².